The number of fused-ring (bicyclic) bond motifs is 1. The van der Waals surface area contributed by atoms with Gasteiger partial charge in [0.25, 0.3) is 0 Å². The Morgan fingerprint density at radius 2 is 1.63 bits per heavy atom. The molecule has 0 saturated heterocycles. The van der Waals surface area contributed by atoms with Gasteiger partial charge in [-0.25, -0.2) is 0 Å². The van der Waals surface area contributed by atoms with Crippen molar-refractivity contribution in [3.63, 3.8) is 0 Å². The number of rotatable bonds is 1. The fraction of sp³-hybridized carbons (Fsp3) is 0.235. The highest BCUT2D eigenvalue weighted by Crippen LogP contribution is 2.35. The first-order chi connectivity index (χ1) is 9.04. The fourth-order valence-corrected chi connectivity index (χ4v) is 2.92. The minimum absolute atomic E-state index is 0.179. The molecular formula is C17H17NS. The highest BCUT2D eigenvalue weighted by atomic mass is 32.1. The monoisotopic (exact) mass is 267 g/mol. The zero-order valence-corrected chi connectivity index (χ0v) is 12.3. The van der Waals surface area contributed by atoms with Crippen molar-refractivity contribution in [2.45, 2.75) is 26.2 Å². The van der Waals surface area contributed by atoms with Gasteiger partial charge in [0.15, 0.2) is 0 Å². The van der Waals surface area contributed by atoms with Crippen molar-refractivity contribution >= 4 is 11.5 Å². The Kier molecular flexibility index (Phi) is 2.90. The molecule has 0 atom stereocenters. The quantitative estimate of drug-likeness (QED) is 0.589. The molecule has 19 heavy (non-hydrogen) atoms. The van der Waals surface area contributed by atoms with Crippen molar-refractivity contribution in [1.29, 1.82) is 0 Å². The zero-order chi connectivity index (χ0) is 13.5. The maximum absolute atomic E-state index is 4.63. The van der Waals surface area contributed by atoms with Crippen LogP contribution in [0, 0.1) is 0 Å². The van der Waals surface area contributed by atoms with E-state index in [9.17, 15) is 0 Å². The first-order valence-corrected chi connectivity index (χ1v) is 7.28. The third-order valence-electron chi connectivity index (χ3n) is 3.35. The van der Waals surface area contributed by atoms with Crippen LogP contribution >= 0.6 is 11.5 Å². The summed E-state index contributed by atoms with van der Waals surface area (Å²) in [5.41, 5.74) is 5.11. The molecule has 0 unspecified atom stereocenters. The molecule has 0 spiro atoms. The molecule has 1 nitrogen and oxygen atoms in total. The molecule has 1 aromatic carbocycles. The summed E-state index contributed by atoms with van der Waals surface area (Å²) in [5.74, 6) is 0. The number of aromatic nitrogens is 1. The summed E-state index contributed by atoms with van der Waals surface area (Å²) in [5, 5.41) is 0. The van der Waals surface area contributed by atoms with E-state index in [2.05, 4.69) is 67.6 Å². The van der Waals surface area contributed by atoms with E-state index in [1.807, 2.05) is 6.07 Å². The largest absolute Gasteiger partial charge is 0.192 e. The third kappa shape index (κ3) is 2.41. The van der Waals surface area contributed by atoms with Crippen molar-refractivity contribution in [3.05, 3.63) is 54.1 Å². The number of benzene rings is 1. The van der Waals surface area contributed by atoms with E-state index in [1.54, 1.807) is 11.5 Å². The second kappa shape index (κ2) is 4.46. The molecule has 1 aliphatic heterocycles. The fourth-order valence-electron chi connectivity index (χ4n) is 2.15. The van der Waals surface area contributed by atoms with Gasteiger partial charge in [-0.1, -0.05) is 51.1 Å². The molecule has 0 fully saturated rings. The van der Waals surface area contributed by atoms with Crippen molar-refractivity contribution in [1.82, 2.24) is 4.37 Å². The van der Waals surface area contributed by atoms with E-state index in [0.717, 1.165) is 5.69 Å². The molecule has 0 amide bonds. The Hall–Kier alpha value is -1.67. The molecule has 2 aliphatic rings. The predicted octanol–water partition coefficient (Wildman–Crippen LogP) is 5.21. The van der Waals surface area contributed by atoms with Gasteiger partial charge in [0, 0.05) is 5.56 Å². The lowest BCUT2D eigenvalue weighted by Crippen LogP contribution is -2.08. The van der Waals surface area contributed by atoms with Crippen LogP contribution < -0.4 is 0 Å². The third-order valence-corrected chi connectivity index (χ3v) is 4.19. The average molecular weight is 267 g/mol. The Balaban J connectivity index is 2.10. The van der Waals surface area contributed by atoms with Gasteiger partial charge in [-0.15, -0.1) is 0 Å². The van der Waals surface area contributed by atoms with Crippen LogP contribution in [0.5, 0.6) is 0 Å². The molecule has 1 heterocycles. The maximum Gasteiger partial charge on any atom is 0.0835 e. The summed E-state index contributed by atoms with van der Waals surface area (Å²) in [6.07, 6.45) is 0. The molecule has 0 saturated carbocycles. The summed E-state index contributed by atoms with van der Waals surface area (Å²) in [6, 6.07) is 17.2. The molecule has 0 aromatic heterocycles. The number of nitrogens with zero attached hydrogens (tertiary/aromatic N) is 1. The van der Waals surface area contributed by atoms with E-state index in [1.165, 1.54) is 21.6 Å². The van der Waals surface area contributed by atoms with Gasteiger partial charge in [0.2, 0.25) is 0 Å². The number of hydrogen-bond acceptors (Lipinski definition) is 2. The van der Waals surface area contributed by atoms with Gasteiger partial charge < -0.3 is 0 Å². The van der Waals surface area contributed by atoms with E-state index < -0.39 is 0 Å². The molecule has 1 aromatic rings. The lowest BCUT2D eigenvalue weighted by atomic mass is 9.89. The topological polar surface area (TPSA) is 12.9 Å². The van der Waals surface area contributed by atoms with Crippen LogP contribution in [0.3, 0.4) is 0 Å². The van der Waals surface area contributed by atoms with E-state index in [4.69, 9.17) is 0 Å². The summed E-state index contributed by atoms with van der Waals surface area (Å²) in [4.78, 5) is 1.22. The minimum Gasteiger partial charge on any atom is -0.192 e. The van der Waals surface area contributed by atoms with E-state index >= 15 is 0 Å². The average Bonchev–Trinajstić information content (AvgIpc) is 2.82. The Morgan fingerprint density at radius 1 is 0.895 bits per heavy atom. The molecular weight excluding hydrogens is 250 g/mol. The Labute approximate surface area is 118 Å². The highest BCUT2D eigenvalue weighted by molar-refractivity contribution is 7.09. The van der Waals surface area contributed by atoms with Crippen LogP contribution in [0.15, 0.2) is 48.5 Å². The summed E-state index contributed by atoms with van der Waals surface area (Å²) < 4.78 is 4.63. The molecule has 3 rings (SSSR count). The van der Waals surface area contributed by atoms with E-state index in [0.29, 0.717) is 0 Å². The summed E-state index contributed by atoms with van der Waals surface area (Å²) in [7, 11) is 0. The normalized spacial score (nSPS) is 11.9. The second-order valence-corrected chi connectivity index (χ2v) is 6.70. The van der Waals surface area contributed by atoms with Crippen LogP contribution in [0.1, 0.15) is 26.3 Å². The van der Waals surface area contributed by atoms with Gasteiger partial charge in [-0.3, -0.25) is 0 Å². The van der Waals surface area contributed by atoms with Gasteiger partial charge in [0.05, 0.1) is 10.6 Å². The molecule has 0 N–H and O–H groups in total. The second-order valence-electron chi connectivity index (χ2n) is 5.89. The minimum atomic E-state index is 0.179. The lowest BCUT2D eigenvalue weighted by Gasteiger charge is -2.15. The zero-order valence-electron chi connectivity index (χ0n) is 11.5. The lowest BCUT2D eigenvalue weighted by molar-refractivity contribution is 0.592. The molecule has 96 valence electrons. The highest BCUT2D eigenvalue weighted by Gasteiger charge is 2.19. The molecule has 2 heteroatoms. The molecule has 1 aliphatic carbocycles. The van der Waals surface area contributed by atoms with Gasteiger partial charge >= 0.3 is 0 Å². The summed E-state index contributed by atoms with van der Waals surface area (Å²) >= 11 is 1.57. The van der Waals surface area contributed by atoms with Gasteiger partial charge in [0.1, 0.15) is 0 Å². The van der Waals surface area contributed by atoms with Crippen LogP contribution in [-0.2, 0) is 5.41 Å². The Bertz CT molecular complexity index is 662. The predicted molar refractivity (Wildman–Crippen MR) is 82.9 cm³/mol. The van der Waals surface area contributed by atoms with Crippen molar-refractivity contribution in [2.75, 3.05) is 0 Å². The number of hydrogen-bond donors (Lipinski definition) is 0. The van der Waals surface area contributed by atoms with Gasteiger partial charge in [-0.2, -0.15) is 4.37 Å². The van der Waals surface area contributed by atoms with E-state index in [-0.39, 0.29) is 5.41 Å². The van der Waals surface area contributed by atoms with Crippen molar-refractivity contribution in [2.24, 2.45) is 0 Å². The first kappa shape index (κ1) is 12.4. The van der Waals surface area contributed by atoms with Crippen molar-refractivity contribution in [3.8, 4) is 21.7 Å². The Morgan fingerprint density at radius 3 is 2.32 bits per heavy atom. The molecule has 0 radical (unpaired) electrons. The van der Waals surface area contributed by atoms with Crippen LogP contribution in [0.2, 0.25) is 0 Å². The van der Waals surface area contributed by atoms with Crippen molar-refractivity contribution < 1.29 is 0 Å². The van der Waals surface area contributed by atoms with Crippen LogP contribution in [-0.4, -0.2) is 4.37 Å². The molecule has 0 bridgehead atoms. The SMILES string of the molecule is CC(C)(C)c1cc2cc(-c3ccccc3)snc-2c1. The van der Waals surface area contributed by atoms with Gasteiger partial charge in [-0.05, 0) is 46.3 Å². The standard InChI is InChI=1S/C17H17NS/c1-17(2,3)14-9-13-10-16(19-18-15(13)11-14)12-7-5-4-6-8-12/h4-11H,1-3H3. The first-order valence-electron chi connectivity index (χ1n) is 6.50. The van der Waals surface area contributed by atoms with Crippen LogP contribution in [0.4, 0.5) is 0 Å². The smallest absolute Gasteiger partial charge is 0.0835 e. The summed E-state index contributed by atoms with van der Waals surface area (Å²) in [6.45, 7) is 6.72. The maximum atomic E-state index is 4.63. The van der Waals surface area contributed by atoms with Crippen LogP contribution in [0.25, 0.3) is 21.7 Å².